The SMILES string of the molecule is C=CC(=O)OC(C(C)O)S(=O)(=O)O.[H-].[Na+]. The summed E-state index contributed by atoms with van der Waals surface area (Å²) in [5, 5.41) is 8.84. The average molecular weight is 234 g/mol. The Bertz CT molecular complexity index is 301. The number of carbonyl (C=O) groups excluding carboxylic acids is 1. The normalized spacial score (nSPS) is 14.8. The summed E-state index contributed by atoms with van der Waals surface area (Å²) in [6, 6.07) is 0. The standard InChI is InChI=1S/C6H10O6S.Na.H/c1-3-5(8)12-6(4(2)7)13(9,10)11;;/h3-4,6-7H,1H2,2H3,(H,9,10,11);;/q;+1;-1. The number of esters is 1. The summed E-state index contributed by atoms with van der Waals surface area (Å²) in [7, 11) is -4.61. The third-order valence-corrected chi connectivity index (χ3v) is 2.16. The smallest absolute Gasteiger partial charge is 1.00 e. The molecule has 0 saturated carbocycles. The summed E-state index contributed by atoms with van der Waals surface area (Å²) in [6.45, 7) is 4.09. The minimum atomic E-state index is -4.61. The minimum absolute atomic E-state index is 0. The van der Waals surface area contributed by atoms with Gasteiger partial charge in [0, 0.05) is 6.08 Å². The molecule has 8 heteroatoms. The Hall–Kier alpha value is 0.0800. The Morgan fingerprint density at radius 2 is 2.07 bits per heavy atom. The van der Waals surface area contributed by atoms with Gasteiger partial charge in [0.05, 0.1) is 0 Å². The van der Waals surface area contributed by atoms with Crippen molar-refractivity contribution in [1.29, 1.82) is 0 Å². The van der Waals surface area contributed by atoms with Crippen molar-refractivity contribution in [3.8, 4) is 0 Å². The van der Waals surface area contributed by atoms with Crippen LogP contribution in [0.15, 0.2) is 12.7 Å². The molecule has 14 heavy (non-hydrogen) atoms. The molecule has 0 aromatic rings. The van der Waals surface area contributed by atoms with Crippen molar-refractivity contribution in [2.75, 3.05) is 0 Å². The summed E-state index contributed by atoms with van der Waals surface area (Å²) < 4.78 is 33.7. The molecule has 6 nitrogen and oxygen atoms in total. The summed E-state index contributed by atoms with van der Waals surface area (Å²) in [4.78, 5) is 10.5. The topological polar surface area (TPSA) is 101 Å². The van der Waals surface area contributed by atoms with Crippen molar-refractivity contribution >= 4 is 16.1 Å². The molecule has 0 heterocycles. The molecular formula is C6H11NaO6S. The van der Waals surface area contributed by atoms with E-state index in [9.17, 15) is 13.2 Å². The van der Waals surface area contributed by atoms with E-state index in [1.165, 1.54) is 0 Å². The van der Waals surface area contributed by atoms with E-state index >= 15 is 0 Å². The van der Waals surface area contributed by atoms with Crippen molar-refractivity contribution in [2.45, 2.75) is 18.5 Å². The molecule has 0 rings (SSSR count). The van der Waals surface area contributed by atoms with Gasteiger partial charge >= 0.3 is 45.6 Å². The van der Waals surface area contributed by atoms with Crippen molar-refractivity contribution in [1.82, 2.24) is 0 Å². The molecule has 0 aromatic carbocycles. The molecule has 2 unspecified atom stereocenters. The number of aliphatic hydroxyl groups is 1. The van der Waals surface area contributed by atoms with Gasteiger partial charge < -0.3 is 11.3 Å². The number of carbonyl (C=O) groups is 1. The first-order valence-corrected chi connectivity index (χ1v) is 4.76. The number of hydrogen-bond donors (Lipinski definition) is 2. The van der Waals surface area contributed by atoms with Gasteiger partial charge in [-0.25, -0.2) is 4.79 Å². The molecule has 78 valence electrons. The predicted octanol–water partition coefficient (Wildman–Crippen LogP) is -3.57. The number of rotatable bonds is 4. The Labute approximate surface area is 105 Å². The zero-order valence-corrected chi connectivity index (χ0v) is 10.7. The maximum atomic E-state index is 10.5. The second-order valence-corrected chi connectivity index (χ2v) is 3.76. The zero-order valence-electron chi connectivity index (χ0n) is 8.87. The van der Waals surface area contributed by atoms with Crippen LogP contribution in [-0.2, 0) is 19.6 Å². The van der Waals surface area contributed by atoms with Gasteiger partial charge in [0.25, 0.3) is 5.44 Å². The summed E-state index contributed by atoms with van der Waals surface area (Å²) >= 11 is 0. The van der Waals surface area contributed by atoms with Gasteiger partial charge in [-0.2, -0.15) is 8.42 Å². The minimum Gasteiger partial charge on any atom is -1.00 e. The zero-order chi connectivity index (χ0) is 10.6. The van der Waals surface area contributed by atoms with Crippen LogP contribution in [0.4, 0.5) is 0 Å². The molecule has 0 bridgehead atoms. The van der Waals surface area contributed by atoms with Gasteiger partial charge in [-0.15, -0.1) is 0 Å². The molecule has 0 fully saturated rings. The molecule has 2 atom stereocenters. The maximum Gasteiger partial charge on any atom is 1.00 e. The fraction of sp³-hybridized carbons (Fsp3) is 0.500. The first-order valence-electron chi connectivity index (χ1n) is 3.26. The van der Waals surface area contributed by atoms with E-state index in [-0.39, 0.29) is 31.0 Å². The molecule has 0 radical (unpaired) electrons. The predicted molar refractivity (Wildman–Crippen MR) is 44.4 cm³/mol. The van der Waals surface area contributed by atoms with E-state index in [0.29, 0.717) is 0 Å². The summed E-state index contributed by atoms with van der Waals surface area (Å²) in [6.07, 6.45) is -0.792. The van der Waals surface area contributed by atoms with Crippen LogP contribution in [0.2, 0.25) is 0 Å². The maximum absolute atomic E-state index is 10.5. The molecule has 0 saturated heterocycles. The van der Waals surface area contributed by atoms with Crippen LogP contribution < -0.4 is 29.6 Å². The van der Waals surface area contributed by atoms with Gasteiger partial charge in [-0.3, -0.25) is 4.55 Å². The summed E-state index contributed by atoms with van der Waals surface area (Å²) in [5.41, 5.74) is -1.97. The van der Waals surface area contributed by atoms with Gasteiger partial charge in [0.15, 0.2) is 0 Å². The fourth-order valence-electron chi connectivity index (χ4n) is 0.571. The molecule has 0 aromatic heterocycles. The number of hydrogen-bond acceptors (Lipinski definition) is 5. The van der Waals surface area contributed by atoms with E-state index in [1.54, 1.807) is 0 Å². The van der Waals surface area contributed by atoms with Gasteiger partial charge in [0.1, 0.15) is 6.10 Å². The van der Waals surface area contributed by atoms with Crippen LogP contribution in [-0.4, -0.2) is 35.6 Å². The van der Waals surface area contributed by atoms with E-state index < -0.39 is 27.6 Å². The second kappa shape index (κ2) is 6.54. The van der Waals surface area contributed by atoms with E-state index in [0.717, 1.165) is 13.0 Å². The van der Waals surface area contributed by atoms with Crippen LogP contribution in [0, 0.1) is 0 Å². The fourth-order valence-corrected chi connectivity index (χ4v) is 1.28. The third-order valence-electron chi connectivity index (χ3n) is 1.09. The van der Waals surface area contributed by atoms with Gasteiger partial charge in [-0.05, 0) is 6.92 Å². The largest absolute Gasteiger partial charge is 1.00 e. The average Bonchev–Trinajstić information content (AvgIpc) is 1.96. The Balaban J connectivity index is -0.000000720. The molecule has 0 amide bonds. The van der Waals surface area contributed by atoms with Crippen LogP contribution in [0.5, 0.6) is 0 Å². The van der Waals surface area contributed by atoms with Crippen LogP contribution in [0.1, 0.15) is 8.35 Å². The molecule has 0 aliphatic heterocycles. The van der Waals surface area contributed by atoms with E-state index in [4.69, 9.17) is 9.66 Å². The molecule has 0 aliphatic rings. The summed E-state index contributed by atoms with van der Waals surface area (Å²) in [5.74, 6) is -1.04. The van der Waals surface area contributed by atoms with Gasteiger partial charge in [0.2, 0.25) is 0 Å². The van der Waals surface area contributed by atoms with Crippen LogP contribution in [0.25, 0.3) is 0 Å². The monoisotopic (exact) mass is 234 g/mol. The molecule has 0 aliphatic carbocycles. The first kappa shape index (κ1) is 16.5. The van der Waals surface area contributed by atoms with Crippen molar-refractivity contribution < 1.29 is 58.6 Å². The molecular weight excluding hydrogens is 223 g/mol. The van der Waals surface area contributed by atoms with Crippen LogP contribution in [0.3, 0.4) is 0 Å². The molecule has 2 N–H and O–H groups in total. The first-order chi connectivity index (χ1) is 5.79. The molecule has 0 spiro atoms. The number of ether oxygens (including phenoxy) is 1. The Kier molecular flexibility index (Phi) is 7.71. The second-order valence-electron chi connectivity index (χ2n) is 2.26. The van der Waals surface area contributed by atoms with Crippen molar-refractivity contribution in [2.24, 2.45) is 0 Å². The van der Waals surface area contributed by atoms with E-state index in [2.05, 4.69) is 11.3 Å². The van der Waals surface area contributed by atoms with E-state index in [1.807, 2.05) is 0 Å². The number of aliphatic hydroxyl groups excluding tert-OH is 1. The van der Waals surface area contributed by atoms with Crippen molar-refractivity contribution in [3.63, 3.8) is 0 Å². The Morgan fingerprint density at radius 3 is 2.29 bits per heavy atom. The Morgan fingerprint density at radius 1 is 1.64 bits per heavy atom. The van der Waals surface area contributed by atoms with Gasteiger partial charge in [-0.1, -0.05) is 6.58 Å². The third kappa shape index (κ3) is 5.74. The van der Waals surface area contributed by atoms with Crippen molar-refractivity contribution in [3.05, 3.63) is 12.7 Å². The quantitative estimate of drug-likeness (QED) is 0.226. The van der Waals surface area contributed by atoms with Crippen LogP contribution >= 0.6 is 0 Å².